The second-order valence-electron chi connectivity index (χ2n) is 5.92. The van der Waals surface area contributed by atoms with E-state index in [1.165, 1.54) is 0 Å². The number of rotatable bonds is 4. The van der Waals surface area contributed by atoms with Crippen LogP contribution in [0.5, 0.6) is 0 Å². The average Bonchev–Trinajstić information content (AvgIpc) is 2.67. The molecule has 0 aliphatic heterocycles. The molecule has 0 unspecified atom stereocenters. The summed E-state index contributed by atoms with van der Waals surface area (Å²) in [5.74, 6) is 2.33. The molecule has 0 atom stereocenters. The first kappa shape index (κ1) is 12.1. The van der Waals surface area contributed by atoms with Gasteiger partial charge in [0.15, 0.2) is 0 Å². The number of aromatic nitrogens is 2. The highest BCUT2D eigenvalue weighted by molar-refractivity contribution is 5.41. The van der Waals surface area contributed by atoms with Crippen LogP contribution in [0.1, 0.15) is 27.7 Å². The van der Waals surface area contributed by atoms with Gasteiger partial charge >= 0.3 is 0 Å². The molecule has 1 heterocycles. The van der Waals surface area contributed by atoms with Crippen molar-refractivity contribution in [3.63, 3.8) is 0 Å². The maximum Gasteiger partial charge on any atom is 0.146 e. The molecule has 0 aromatic carbocycles. The van der Waals surface area contributed by atoms with Gasteiger partial charge in [-0.25, -0.2) is 4.98 Å². The summed E-state index contributed by atoms with van der Waals surface area (Å²) in [5.41, 5.74) is 0.822. The molecule has 2 N–H and O–H groups in total. The largest absolute Gasteiger partial charge is 0.372 e. The lowest BCUT2D eigenvalue weighted by molar-refractivity contribution is 0.457. The molecule has 4 nitrogen and oxygen atoms in total. The fraction of sp³-hybridized carbons (Fsp3) is 0.692. The van der Waals surface area contributed by atoms with Crippen LogP contribution < -0.4 is 10.6 Å². The van der Waals surface area contributed by atoms with E-state index in [1.54, 1.807) is 12.4 Å². The molecular formula is C13H22N4. The van der Waals surface area contributed by atoms with Crippen molar-refractivity contribution in [2.45, 2.75) is 27.7 Å². The number of hydrogen-bond acceptors (Lipinski definition) is 4. The first-order valence-electron chi connectivity index (χ1n) is 6.13. The number of nitrogens with one attached hydrogen (secondary N) is 2. The molecule has 4 heteroatoms. The number of hydrogen-bond donors (Lipinski definition) is 2. The third kappa shape index (κ3) is 1.96. The van der Waals surface area contributed by atoms with Crippen LogP contribution in [0.25, 0.3) is 0 Å². The van der Waals surface area contributed by atoms with Crippen molar-refractivity contribution in [2.75, 3.05) is 24.2 Å². The zero-order chi connectivity index (χ0) is 12.7. The summed E-state index contributed by atoms with van der Waals surface area (Å²) in [4.78, 5) is 8.54. The molecule has 0 radical (unpaired) electrons. The molecule has 1 aromatic rings. The van der Waals surface area contributed by atoms with Crippen LogP contribution in [0, 0.1) is 16.7 Å². The van der Waals surface area contributed by atoms with E-state index in [9.17, 15) is 0 Å². The SMILES string of the molecule is CNc1cncc(NCC2C(C)(C)C2(C)C)n1. The van der Waals surface area contributed by atoms with Gasteiger partial charge in [0.2, 0.25) is 0 Å². The van der Waals surface area contributed by atoms with E-state index >= 15 is 0 Å². The summed E-state index contributed by atoms with van der Waals surface area (Å²) in [6, 6.07) is 0. The summed E-state index contributed by atoms with van der Waals surface area (Å²) < 4.78 is 0. The van der Waals surface area contributed by atoms with Gasteiger partial charge in [-0.05, 0) is 16.7 Å². The molecule has 0 bridgehead atoms. The van der Waals surface area contributed by atoms with Crippen LogP contribution >= 0.6 is 0 Å². The standard InChI is InChI=1S/C13H22N4/c1-12(2)9(13(12,3)4)6-16-11-8-15-7-10(14-5)17-11/h7-9H,6H2,1-5H3,(H2,14,16,17). The predicted molar refractivity (Wildman–Crippen MR) is 71.1 cm³/mol. The molecule has 1 aliphatic carbocycles. The van der Waals surface area contributed by atoms with Crippen molar-refractivity contribution in [2.24, 2.45) is 16.7 Å². The molecule has 17 heavy (non-hydrogen) atoms. The Kier molecular flexibility index (Phi) is 2.76. The number of anilines is 2. The van der Waals surface area contributed by atoms with E-state index in [1.807, 2.05) is 7.05 Å². The van der Waals surface area contributed by atoms with Crippen LogP contribution in [-0.4, -0.2) is 23.6 Å². The van der Waals surface area contributed by atoms with Gasteiger partial charge in [-0.1, -0.05) is 27.7 Å². The molecule has 1 fully saturated rings. The highest BCUT2D eigenvalue weighted by atomic mass is 15.1. The summed E-state index contributed by atoms with van der Waals surface area (Å²) in [7, 11) is 1.85. The smallest absolute Gasteiger partial charge is 0.146 e. The molecule has 0 saturated heterocycles. The zero-order valence-electron chi connectivity index (χ0n) is 11.3. The first-order valence-corrected chi connectivity index (χ1v) is 6.13. The van der Waals surface area contributed by atoms with Crippen LogP contribution in [0.15, 0.2) is 12.4 Å². The Morgan fingerprint density at radius 3 is 2.24 bits per heavy atom. The molecule has 1 aliphatic rings. The summed E-state index contributed by atoms with van der Waals surface area (Å²) in [5, 5.41) is 6.37. The lowest BCUT2D eigenvalue weighted by Gasteiger charge is -2.07. The molecule has 94 valence electrons. The Labute approximate surface area is 103 Å². The Balaban J connectivity index is 1.95. The quantitative estimate of drug-likeness (QED) is 0.841. The van der Waals surface area contributed by atoms with Crippen LogP contribution in [0.3, 0.4) is 0 Å². The van der Waals surface area contributed by atoms with Gasteiger partial charge in [-0.2, -0.15) is 0 Å². The topological polar surface area (TPSA) is 49.8 Å². The van der Waals surface area contributed by atoms with E-state index < -0.39 is 0 Å². The molecule has 1 saturated carbocycles. The van der Waals surface area contributed by atoms with E-state index in [-0.39, 0.29) is 0 Å². The first-order chi connectivity index (χ1) is 7.89. The lowest BCUT2D eigenvalue weighted by Crippen LogP contribution is -2.10. The van der Waals surface area contributed by atoms with Gasteiger partial charge in [0.25, 0.3) is 0 Å². The molecule has 0 amide bonds. The van der Waals surface area contributed by atoms with Crippen molar-refractivity contribution in [3.8, 4) is 0 Å². The van der Waals surface area contributed by atoms with E-state index in [4.69, 9.17) is 0 Å². The molecule has 1 aromatic heterocycles. The highest BCUT2D eigenvalue weighted by Gasteiger charge is 2.64. The van der Waals surface area contributed by atoms with Gasteiger partial charge in [-0.3, -0.25) is 4.98 Å². The van der Waals surface area contributed by atoms with Gasteiger partial charge in [-0.15, -0.1) is 0 Å². The molecule has 0 spiro atoms. The second kappa shape index (κ2) is 3.86. The molecule has 2 rings (SSSR count). The number of nitrogens with zero attached hydrogens (tertiary/aromatic N) is 2. The van der Waals surface area contributed by atoms with Crippen molar-refractivity contribution >= 4 is 11.6 Å². The summed E-state index contributed by atoms with van der Waals surface area (Å²) in [6.07, 6.45) is 3.49. The van der Waals surface area contributed by atoms with Crippen molar-refractivity contribution in [3.05, 3.63) is 12.4 Å². The van der Waals surface area contributed by atoms with E-state index in [0.717, 1.165) is 18.2 Å². The van der Waals surface area contributed by atoms with Crippen molar-refractivity contribution < 1.29 is 0 Å². The fourth-order valence-corrected chi connectivity index (χ4v) is 2.62. The summed E-state index contributed by atoms with van der Waals surface area (Å²) >= 11 is 0. The fourth-order valence-electron chi connectivity index (χ4n) is 2.62. The van der Waals surface area contributed by atoms with Crippen molar-refractivity contribution in [1.82, 2.24) is 9.97 Å². The Morgan fingerprint density at radius 2 is 1.71 bits per heavy atom. The van der Waals surface area contributed by atoms with Crippen LogP contribution in [0.2, 0.25) is 0 Å². The lowest BCUT2D eigenvalue weighted by atomic mass is 10.0. The van der Waals surface area contributed by atoms with Crippen LogP contribution in [0.4, 0.5) is 11.6 Å². The normalized spacial score (nSPS) is 21.0. The third-order valence-electron chi connectivity index (χ3n) is 4.70. The van der Waals surface area contributed by atoms with E-state index in [2.05, 4.69) is 48.3 Å². The Bertz CT molecular complexity index is 398. The maximum absolute atomic E-state index is 4.40. The van der Waals surface area contributed by atoms with Gasteiger partial charge in [0, 0.05) is 13.6 Å². The zero-order valence-corrected chi connectivity index (χ0v) is 11.3. The maximum atomic E-state index is 4.40. The monoisotopic (exact) mass is 234 g/mol. The van der Waals surface area contributed by atoms with E-state index in [0.29, 0.717) is 16.7 Å². The Hall–Kier alpha value is -1.32. The van der Waals surface area contributed by atoms with Gasteiger partial charge in [0.05, 0.1) is 12.4 Å². The minimum atomic E-state index is 0.411. The Morgan fingerprint density at radius 1 is 1.12 bits per heavy atom. The van der Waals surface area contributed by atoms with Gasteiger partial charge < -0.3 is 10.6 Å². The van der Waals surface area contributed by atoms with Gasteiger partial charge in [0.1, 0.15) is 11.6 Å². The third-order valence-corrected chi connectivity index (χ3v) is 4.70. The minimum Gasteiger partial charge on any atom is -0.372 e. The molecular weight excluding hydrogens is 212 g/mol. The second-order valence-corrected chi connectivity index (χ2v) is 5.92. The highest BCUT2D eigenvalue weighted by Crippen LogP contribution is 2.68. The predicted octanol–water partition coefficient (Wildman–Crippen LogP) is 2.61. The van der Waals surface area contributed by atoms with Crippen LogP contribution in [-0.2, 0) is 0 Å². The average molecular weight is 234 g/mol. The minimum absolute atomic E-state index is 0.411. The summed E-state index contributed by atoms with van der Waals surface area (Å²) in [6.45, 7) is 10.3. The van der Waals surface area contributed by atoms with Crippen molar-refractivity contribution in [1.29, 1.82) is 0 Å².